The van der Waals surface area contributed by atoms with Crippen molar-refractivity contribution in [1.29, 1.82) is 0 Å². The summed E-state index contributed by atoms with van der Waals surface area (Å²) in [6.07, 6.45) is -0.554. The van der Waals surface area contributed by atoms with Gasteiger partial charge in [-0.2, -0.15) is 13.2 Å². The van der Waals surface area contributed by atoms with Gasteiger partial charge in [0.05, 0.1) is 38.1 Å². The maximum Gasteiger partial charge on any atom is 0.416 e. The number of esters is 2. The maximum atomic E-state index is 13.3. The number of aromatic nitrogens is 1. The summed E-state index contributed by atoms with van der Waals surface area (Å²) in [7, 11) is 1.33. The maximum absolute atomic E-state index is 13.3. The SMILES string of the molecule is COc1ccnc(C(=O)NC2COCC(Cc3ccc(C(F)(F)F)cc3)C(OC3CCCC3)C(C)OC2=O)c1OC(C)=O. The summed E-state index contributed by atoms with van der Waals surface area (Å²) >= 11 is 0. The molecule has 1 aliphatic carbocycles. The van der Waals surface area contributed by atoms with Gasteiger partial charge < -0.3 is 29.0 Å². The number of carbonyl (C=O) groups excluding carboxylic acids is 3. The molecule has 0 bridgehead atoms. The Morgan fingerprint density at radius 1 is 1.09 bits per heavy atom. The Bertz CT molecular complexity index is 1280. The molecule has 1 amide bonds. The number of carbonyl (C=O) groups is 3. The molecule has 43 heavy (non-hydrogen) atoms. The predicted molar refractivity (Wildman–Crippen MR) is 145 cm³/mol. The topological polar surface area (TPSA) is 122 Å². The van der Waals surface area contributed by atoms with Crippen molar-refractivity contribution < 1.29 is 51.2 Å². The first-order chi connectivity index (χ1) is 20.5. The molecule has 4 unspecified atom stereocenters. The summed E-state index contributed by atoms with van der Waals surface area (Å²) in [6, 6.07) is 5.07. The van der Waals surface area contributed by atoms with Gasteiger partial charge in [0, 0.05) is 25.1 Å². The zero-order valence-electron chi connectivity index (χ0n) is 24.1. The van der Waals surface area contributed by atoms with Gasteiger partial charge in [-0.25, -0.2) is 9.78 Å². The highest BCUT2D eigenvalue weighted by Gasteiger charge is 2.38. The molecule has 1 aromatic carbocycles. The van der Waals surface area contributed by atoms with Gasteiger partial charge in [-0.05, 0) is 43.9 Å². The summed E-state index contributed by atoms with van der Waals surface area (Å²) in [5.41, 5.74) is -0.381. The van der Waals surface area contributed by atoms with E-state index in [0.717, 1.165) is 44.7 Å². The lowest BCUT2D eigenvalue weighted by Crippen LogP contribution is -2.47. The Morgan fingerprint density at radius 2 is 1.79 bits per heavy atom. The molecule has 13 heteroatoms. The van der Waals surface area contributed by atoms with Gasteiger partial charge in [0.15, 0.2) is 17.5 Å². The van der Waals surface area contributed by atoms with Gasteiger partial charge in [-0.15, -0.1) is 0 Å². The zero-order chi connectivity index (χ0) is 31.1. The summed E-state index contributed by atoms with van der Waals surface area (Å²) in [4.78, 5) is 42.1. The van der Waals surface area contributed by atoms with Crippen LogP contribution in [-0.4, -0.2) is 67.5 Å². The quantitative estimate of drug-likeness (QED) is 0.438. The van der Waals surface area contributed by atoms with E-state index in [9.17, 15) is 27.6 Å². The van der Waals surface area contributed by atoms with Gasteiger partial charge in [-0.1, -0.05) is 25.0 Å². The van der Waals surface area contributed by atoms with Crippen LogP contribution in [0.25, 0.3) is 0 Å². The second-order valence-corrected chi connectivity index (χ2v) is 10.7. The molecule has 2 aliphatic rings. The number of alkyl halides is 3. The Labute approximate surface area is 247 Å². The van der Waals surface area contributed by atoms with Crippen molar-refractivity contribution in [2.75, 3.05) is 20.3 Å². The molecule has 4 rings (SSSR count). The standard InChI is InChI=1S/C30H35F3N2O8/c1-17-26(43-22-6-4-5-7-22)20(14-19-8-10-21(11-9-19)30(31,32)33)15-40-16-23(29(38)41-17)35-28(37)25-27(42-18(2)36)24(39-3)12-13-34-25/h8-13,17,20,22-23,26H,4-7,14-16H2,1-3H3,(H,35,37). The van der Waals surface area contributed by atoms with E-state index < -0.39 is 47.8 Å². The molecular formula is C30H35F3N2O8. The van der Waals surface area contributed by atoms with E-state index in [1.165, 1.54) is 31.5 Å². The Balaban J connectivity index is 1.54. The van der Waals surface area contributed by atoms with E-state index >= 15 is 0 Å². The average molecular weight is 609 g/mol. The third-order valence-electron chi connectivity index (χ3n) is 7.42. The van der Waals surface area contributed by atoms with Crippen LogP contribution in [0.3, 0.4) is 0 Å². The number of methoxy groups -OCH3 is 1. The first kappa shape index (κ1) is 32.2. The molecule has 2 aromatic rings. The lowest BCUT2D eigenvalue weighted by Gasteiger charge is -2.33. The van der Waals surface area contributed by atoms with E-state index in [1.807, 2.05) is 0 Å². The van der Waals surface area contributed by atoms with Gasteiger partial charge >= 0.3 is 18.1 Å². The second kappa shape index (κ2) is 14.2. The van der Waals surface area contributed by atoms with E-state index in [1.54, 1.807) is 6.92 Å². The highest BCUT2D eigenvalue weighted by molar-refractivity contribution is 5.98. The number of nitrogens with zero attached hydrogens (tertiary/aromatic N) is 1. The van der Waals surface area contributed by atoms with Crippen LogP contribution in [0, 0.1) is 5.92 Å². The largest absolute Gasteiger partial charge is 0.493 e. The summed E-state index contributed by atoms with van der Waals surface area (Å²) in [5, 5.41) is 2.54. The average Bonchev–Trinajstić information content (AvgIpc) is 3.48. The van der Waals surface area contributed by atoms with Crippen molar-refractivity contribution in [3.8, 4) is 11.5 Å². The zero-order valence-corrected chi connectivity index (χ0v) is 24.1. The fourth-order valence-corrected chi connectivity index (χ4v) is 5.31. The Morgan fingerprint density at radius 3 is 2.42 bits per heavy atom. The van der Waals surface area contributed by atoms with Crippen molar-refractivity contribution in [1.82, 2.24) is 10.3 Å². The van der Waals surface area contributed by atoms with Crippen molar-refractivity contribution in [2.45, 2.75) is 76.5 Å². The molecule has 2 heterocycles. The summed E-state index contributed by atoms with van der Waals surface area (Å²) in [6.45, 7) is 2.67. The number of nitrogens with one attached hydrogen (secondary N) is 1. The third kappa shape index (κ3) is 8.44. The molecule has 1 aromatic heterocycles. The first-order valence-corrected chi connectivity index (χ1v) is 14.1. The fraction of sp³-hybridized carbons (Fsp3) is 0.533. The van der Waals surface area contributed by atoms with Crippen molar-refractivity contribution in [2.24, 2.45) is 5.92 Å². The molecule has 1 N–H and O–H groups in total. The summed E-state index contributed by atoms with van der Waals surface area (Å²) in [5.74, 6) is -2.78. The van der Waals surface area contributed by atoms with Crippen LogP contribution in [-0.2, 0) is 36.4 Å². The highest BCUT2D eigenvalue weighted by Crippen LogP contribution is 2.32. The molecule has 2 fully saturated rings. The number of hydrogen-bond acceptors (Lipinski definition) is 9. The first-order valence-electron chi connectivity index (χ1n) is 14.1. The third-order valence-corrected chi connectivity index (χ3v) is 7.42. The molecule has 1 saturated carbocycles. The van der Waals surface area contributed by atoms with Crippen LogP contribution in [0.5, 0.6) is 11.5 Å². The molecule has 0 radical (unpaired) electrons. The van der Waals surface area contributed by atoms with E-state index in [2.05, 4.69) is 10.3 Å². The van der Waals surface area contributed by atoms with Crippen LogP contribution in [0.1, 0.15) is 61.1 Å². The Hall–Kier alpha value is -3.71. The normalized spacial score (nSPS) is 23.4. The van der Waals surface area contributed by atoms with Gasteiger partial charge in [0.2, 0.25) is 5.75 Å². The molecule has 0 spiro atoms. The minimum atomic E-state index is -4.45. The number of ether oxygens (including phenoxy) is 5. The smallest absolute Gasteiger partial charge is 0.416 e. The number of rotatable bonds is 8. The molecule has 1 saturated heterocycles. The van der Waals surface area contributed by atoms with Gasteiger partial charge in [-0.3, -0.25) is 9.59 Å². The minimum Gasteiger partial charge on any atom is -0.493 e. The van der Waals surface area contributed by atoms with Crippen molar-refractivity contribution in [3.63, 3.8) is 0 Å². The van der Waals surface area contributed by atoms with E-state index in [0.29, 0.717) is 12.0 Å². The van der Waals surface area contributed by atoms with E-state index in [-0.39, 0.29) is 42.4 Å². The summed E-state index contributed by atoms with van der Waals surface area (Å²) < 4.78 is 67.8. The molecule has 234 valence electrons. The van der Waals surface area contributed by atoms with E-state index in [4.69, 9.17) is 23.7 Å². The van der Waals surface area contributed by atoms with Crippen LogP contribution in [0.2, 0.25) is 0 Å². The highest BCUT2D eigenvalue weighted by atomic mass is 19.4. The molecular weight excluding hydrogens is 573 g/mol. The lowest BCUT2D eigenvalue weighted by atomic mass is 9.91. The van der Waals surface area contributed by atoms with Crippen LogP contribution in [0.15, 0.2) is 36.5 Å². The number of benzene rings is 1. The Kier molecular flexibility index (Phi) is 10.6. The lowest BCUT2D eigenvalue weighted by molar-refractivity contribution is -0.164. The van der Waals surface area contributed by atoms with Crippen LogP contribution < -0.4 is 14.8 Å². The predicted octanol–water partition coefficient (Wildman–Crippen LogP) is 4.28. The number of amides is 1. The van der Waals surface area contributed by atoms with Gasteiger partial charge in [0.25, 0.3) is 5.91 Å². The van der Waals surface area contributed by atoms with Crippen LogP contribution >= 0.6 is 0 Å². The monoisotopic (exact) mass is 608 g/mol. The van der Waals surface area contributed by atoms with Crippen molar-refractivity contribution in [3.05, 3.63) is 53.3 Å². The molecule has 1 aliphatic heterocycles. The minimum absolute atomic E-state index is 0.0451. The fourth-order valence-electron chi connectivity index (χ4n) is 5.31. The number of cyclic esters (lactones) is 1. The molecule has 10 nitrogen and oxygen atoms in total. The molecule has 4 atom stereocenters. The van der Waals surface area contributed by atoms with Gasteiger partial charge in [0.1, 0.15) is 6.10 Å². The number of pyridine rings is 1. The second-order valence-electron chi connectivity index (χ2n) is 10.7. The number of halogens is 3. The van der Waals surface area contributed by atoms with Crippen LogP contribution in [0.4, 0.5) is 13.2 Å². The van der Waals surface area contributed by atoms with Crippen molar-refractivity contribution >= 4 is 17.8 Å². The number of hydrogen-bond donors (Lipinski definition) is 1.